The molecule has 1 aromatic rings. The summed E-state index contributed by atoms with van der Waals surface area (Å²) in [6.45, 7) is 1.97. The van der Waals surface area contributed by atoms with Gasteiger partial charge < -0.3 is 10.1 Å². The second kappa shape index (κ2) is 8.42. The molecule has 0 bridgehead atoms. The maximum Gasteiger partial charge on any atom is 0.311 e. The topological polar surface area (TPSA) is 81.5 Å². The number of nitrogens with one attached hydrogen (secondary N) is 1. The van der Waals surface area contributed by atoms with Crippen molar-refractivity contribution >= 4 is 11.6 Å². The molecule has 1 N–H and O–H groups in total. The Labute approximate surface area is 139 Å². The van der Waals surface area contributed by atoms with Gasteiger partial charge in [-0.1, -0.05) is 11.6 Å². The van der Waals surface area contributed by atoms with Gasteiger partial charge in [-0.25, -0.2) is 4.39 Å². The van der Waals surface area contributed by atoms with Crippen LogP contribution in [0.4, 0.5) is 10.1 Å². The maximum atomic E-state index is 13.3. The number of halogens is 1. The Morgan fingerprint density at radius 3 is 2.92 bits per heavy atom. The first-order valence-electron chi connectivity index (χ1n) is 8.03. The van der Waals surface area contributed by atoms with Crippen LogP contribution in [0.15, 0.2) is 29.8 Å². The third-order valence-electron chi connectivity index (χ3n) is 3.92. The smallest absolute Gasteiger partial charge is 0.311 e. The molecule has 0 saturated heterocycles. The molecule has 0 unspecified atom stereocenters. The average molecular weight is 336 g/mol. The van der Waals surface area contributed by atoms with Crippen LogP contribution in [0.1, 0.15) is 39.0 Å². The Morgan fingerprint density at radius 1 is 1.46 bits per heavy atom. The minimum Gasteiger partial charge on any atom is -0.474 e. The monoisotopic (exact) mass is 336 g/mol. The zero-order valence-corrected chi connectivity index (χ0v) is 13.6. The molecule has 1 amide bonds. The van der Waals surface area contributed by atoms with Crippen molar-refractivity contribution in [3.63, 3.8) is 0 Å². The largest absolute Gasteiger partial charge is 0.474 e. The van der Waals surface area contributed by atoms with Gasteiger partial charge in [0.15, 0.2) is 6.10 Å². The summed E-state index contributed by atoms with van der Waals surface area (Å²) < 4.78 is 18.5. The lowest BCUT2D eigenvalue weighted by Gasteiger charge is -2.16. The standard InChI is InChI=1S/C17H21FN2O4/c1-12(17(21)19-10-9-13-5-3-2-4-6-13)24-16-11-14(18)7-8-15(16)20(22)23/h5,7-8,11-12H,2-4,6,9-10H2,1H3,(H,19,21)/t12-/m0/s1. The molecule has 1 atom stereocenters. The highest BCUT2D eigenvalue weighted by Gasteiger charge is 2.21. The lowest BCUT2D eigenvalue weighted by molar-refractivity contribution is -0.386. The van der Waals surface area contributed by atoms with Crippen molar-refractivity contribution in [2.24, 2.45) is 0 Å². The molecule has 1 aliphatic carbocycles. The lowest BCUT2D eigenvalue weighted by atomic mass is 9.97. The number of ether oxygens (including phenoxy) is 1. The molecule has 0 saturated carbocycles. The summed E-state index contributed by atoms with van der Waals surface area (Å²) in [4.78, 5) is 22.3. The van der Waals surface area contributed by atoms with Crippen molar-refractivity contribution < 1.29 is 18.8 Å². The highest BCUT2D eigenvalue weighted by molar-refractivity contribution is 5.80. The normalized spacial score (nSPS) is 15.3. The van der Waals surface area contributed by atoms with Gasteiger partial charge in [0.25, 0.3) is 5.91 Å². The Kier molecular flexibility index (Phi) is 6.28. The van der Waals surface area contributed by atoms with Gasteiger partial charge in [0.2, 0.25) is 5.75 Å². The van der Waals surface area contributed by atoms with Crippen LogP contribution in [0.25, 0.3) is 0 Å². The van der Waals surface area contributed by atoms with Crippen molar-refractivity contribution in [3.8, 4) is 5.75 Å². The van der Waals surface area contributed by atoms with Gasteiger partial charge in [-0.05, 0) is 45.1 Å². The highest BCUT2D eigenvalue weighted by atomic mass is 19.1. The summed E-state index contributed by atoms with van der Waals surface area (Å²) in [5.74, 6) is -1.30. The molecule has 7 heteroatoms. The quantitative estimate of drug-likeness (QED) is 0.469. The summed E-state index contributed by atoms with van der Waals surface area (Å²) in [6, 6.07) is 2.91. The molecule has 1 aromatic carbocycles. The van der Waals surface area contributed by atoms with Gasteiger partial charge in [-0.3, -0.25) is 14.9 Å². The Balaban J connectivity index is 1.88. The van der Waals surface area contributed by atoms with E-state index >= 15 is 0 Å². The number of nitro benzene ring substituents is 1. The highest BCUT2D eigenvalue weighted by Crippen LogP contribution is 2.28. The third kappa shape index (κ3) is 5.04. The van der Waals surface area contributed by atoms with Gasteiger partial charge in [0.05, 0.1) is 4.92 Å². The molecule has 6 nitrogen and oxygen atoms in total. The van der Waals surface area contributed by atoms with Gasteiger partial charge in [0, 0.05) is 18.7 Å². The summed E-state index contributed by atoms with van der Waals surface area (Å²) in [5, 5.41) is 13.7. The third-order valence-corrected chi connectivity index (χ3v) is 3.92. The second-order valence-electron chi connectivity index (χ2n) is 5.78. The van der Waals surface area contributed by atoms with E-state index in [4.69, 9.17) is 4.74 Å². The van der Waals surface area contributed by atoms with Crippen LogP contribution < -0.4 is 10.1 Å². The lowest BCUT2D eigenvalue weighted by Crippen LogP contribution is -2.37. The number of allylic oxidation sites excluding steroid dienone is 1. The summed E-state index contributed by atoms with van der Waals surface area (Å²) >= 11 is 0. The number of nitrogens with zero attached hydrogens (tertiary/aromatic N) is 1. The zero-order valence-electron chi connectivity index (χ0n) is 13.6. The number of hydrogen-bond acceptors (Lipinski definition) is 4. The SMILES string of the molecule is C[C@H](Oc1cc(F)ccc1[N+](=O)[O-])C(=O)NCCC1=CCCCC1. The predicted molar refractivity (Wildman–Crippen MR) is 87.3 cm³/mol. The van der Waals surface area contributed by atoms with Gasteiger partial charge in [-0.2, -0.15) is 0 Å². The fraction of sp³-hybridized carbons (Fsp3) is 0.471. The summed E-state index contributed by atoms with van der Waals surface area (Å²) in [6.07, 6.45) is 6.61. The molecule has 2 rings (SSSR count). The number of amides is 1. The molecule has 0 aromatic heterocycles. The van der Waals surface area contributed by atoms with E-state index in [1.54, 1.807) is 0 Å². The van der Waals surface area contributed by atoms with Crippen LogP contribution in [0, 0.1) is 15.9 Å². The van der Waals surface area contributed by atoms with Crippen LogP contribution in [-0.4, -0.2) is 23.5 Å². The van der Waals surface area contributed by atoms with E-state index in [1.165, 1.54) is 25.3 Å². The Hall–Kier alpha value is -2.44. The minimum absolute atomic E-state index is 0.252. The van der Waals surface area contributed by atoms with Gasteiger partial charge in [0.1, 0.15) is 5.82 Å². The number of rotatable bonds is 7. The fourth-order valence-electron chi connectivity index (χ4n) is 2.60. The molecule has 0 heterocycles. The molecule has 0 fully saturated rings. The van der Waals surface area contributed by atoms with E-state index in [2.05, 4.69) is 11.4 Å². The van der Waals surface area contributed by atoms with E-state index in [1.807, 2.05) is 0 Å². The first-order valence-corrected chi connectivity index (χ1v) is 8.03. The number of carbonyl (C=O) groups is 1. The van der Waals surface area contributed by atoms with Gasteiger partial charge in [-0.15, -0.1) is 0 Å². The van der Waals surface area contributed by atoms with Crippen molar-refractivity contribution in [3.05, 3.63) is 45.8 Å². The predicted octanol–water partition coefficient (Wildman–Crippen LogP) is 3.51. The number of benzene rings is 1. The van der Waals surface area contributed by atoms with Crippen LogP contribution >= 0.6 is 0 Å². The van der Waals surface area contributed by atoms with Crippen LogP contribution in [0.5, 0.6) is 5.75 Å². The summed E-state index contributed by atoms with van der Waals surface area (Å²) in [5.41, 5.74) is 0.972. The maximum absolute atomic E-state index is 13.3. The number of hydrogen-bond donors (Lipinski definition) is 1. The molecule has 1 aliphatic rings. The van der Waals surface area contributed by atoms with E-state index in [-0.39, 0.29) is 17.3 Å². The molecule has 24 heavy (non-hydrogen) atoms. The van der Waals surface area contributed by atoms with Crippen molar-refractivity contribution in [2.75, 3.05) is 6.54 Å². The van der Waals surface area contributed by atoms with E-state index in [0.717, 1.165) is 37.5 Å². The number of nitro groups is 1. The average Bonchev–Trinajstić information content (AvgIpc) is 2.55. The fourth-order valence-corrected chi connectivity index (χ4v) is 2.60. The Morgan fingerprint density at radius 2 is 2.25 bits per heavy atom. The molecule has 0 aliphatic heterocycles. The molecular weight excluding hydrogens is 315 g/mol. The zero-order chi connectivity index (χ0) is 17.5. The molecule has 0 spiro atoms. The van der Waals surface area contributed by atoms with Crippen molar-refractivity contribution in [1.29, 1.82) is 0 Å². The minimum atomic E-state index is -0.953. The second-order valence-corrected chi connectivity index (χ2v) is 5.78. The van der Waals surface area contributed by atoms with Crippen LogP contribution in [0.3, 0.4) is 0 Å². The Bertz CT molecular complexity index is 645. The molecule has 130 valence electrons. The first kappa shape index (κ1) is 17.9. The molecule has 0 radical (unpaired) electrons. The van der Waals surface area contributed by atoms with Crippen molar-refractivity contribution in [1.82, 2.24) is 5.32 Å². The van der Waals surface area contributed by atoms with E-state index < -0.39 is 16.8 Å². The molecular formula is C17H21FN2O4. The first-order chi connectivity index (χ1) is 11.5. The summed E-state index contributed by atoms with van der Waals surface area (Å²) in [7, 11) is 0. The van der Waals surface area contributed by atoms with Crippen LogP contribution in [-0.2, 0) is 4.79 Å². The van der Waals surface area contributed by atoms with E-state index in [9.17, 15) is 19.3 Å². The number of carbonyl (C=O) groups excluding carboxylic acids is 1. The van der Waals surface area contributed by atoms with Gasteiger partial charge >= 0.3 is 5.69 Å². The van der Waals surface area contributed by atoms with Crippen molar-refractivity contribution in [2.45, 2.75) is 45.1 Å². The van der Waals surface area contributed by atoms with Crippen LogP contribution in [0.2, 0.25) is 0 Å². The van der Waals surface area contributed by atoms with E-state index in [0.29, 0.717) is 6.54 Å².